The Bertz CT molecular complexity index is 998. The Morgan fingerprint density at radius 1 is 1.09 bits per heavy atom. The molecule has 1 saturated carbocycles. The molecule has 0 bridgehead atoms. The van der Waals surface area contributed by atoms with Crippen LogP contribution in [0.4, 0.5) is 0 Å². The molecule has 0 unspecified atom stereocenters. The quantitative estimate of drug-likeness (QED) is 0.798. The first kappa shape index (κ1) is 20.2. The van der Waals surface area contributed by atoms with Crippen LogP contribution in [0.1, 0.15) is 44.1 Å². The fourth-order valence-corrected chi connectivity index (χ4v) is 5.94. The smallest absolute Gasteiger partial charge is 0.225 e. The number of carbonyl (C=O) groups is 1. The van der Waals surface area contributed by atoms with Crippen LogP contribution in [0.3, 0.4) is 0 Å². The lowest BCUT2D eigenvalue weighted by atomic mass is 9.78. The van der Waals surface area contributed by atoms with Crippen LogP contribution in [0.2, 0.25) is 0 Å². The molecule has 1 spiro atoms. The molecule has 7 heteroatoms. The lowest BCUT2D eigenvalue weighted by molar-refractivity contribution is -0.146. The van der Waals surface area contributed by atoms with Gasteiger partial charge >= 0.3 is 0 Å². The van der Waals surface area contributed by atoms with Gasteiger partial charge in [-0.05, 0) is 50.9 Å². The van der Waals surface area contributed by atoms with E-state index in [1.54, 1.807) is 0 Å². The summed E-state index contributed by atoms with van der Waals surface area (Å²) in [4.78, 5) is 17.3. The number of para-hydroxylation sites is 1. The Kier molecular flexibility index (Phi) is 4.99. The SMILES string of the molecule is O=C(C1CC(O)C1)N1CCC2(CC1)Oc1ccccc1-c1c2cnn1CCN1CCCC1. The maximum absolute atomic E-state index is 12.8. The minimum Gasteiger partial charge on any atom is -0.482 e. The zero-order valence-electron chi connectivity index (χ0n) is 18.6. The van der Waals surface area contributed by atoms with Crippen molar-refractivity contribution in [2.75, 3.05) is 32.7 Å². The third-order valence-electron chi connectivity index (χ3n) is 7.95. The van der Waals surface area contributed by atoms with Crippen molar-refractivity contribution in [3.05, 3.63) is 36.0 Å². The van der Waals surface area contributed by atoms with Crippen molar-refractivity contribution >= 4 is 5.91 Å². The van der Waals surface area contributed by atoms with Crippen molar-refractivity contribution in [3.63, 3.8) is 0 Å². The molecule has 4 aliphatic rings. The highest BCUT2D eigenvalue weighted by molar-refractivity contribution is 5.80. The highest BCUT2D eigenvalue weighted by atomic mass is 16.5. The van der Waals surface area contributed by atoms with Crippen LogP contribution in [0.25, 0.3) is 11.3 Å². The molecule has 2 saturated heterocycles. The van der Waals surface area contributed by atoms with E-state index in [2.05, 4.69) is 27.8 Å². The first-order chi connectivity index (χ1) is 15.6. The average Bonchev–Trinajstić information content (AvgIpc) is 3.46. The van der Waals surface area contributed by atoms with Crippen LogP contribution in [-0.2, 0) is 16.9 Å². The summed E-state index contributed by atoms with van der Waals surface area (Å²) in [6.45, 7) is 5.66. The Labute approximate surface area is 189 Å². The molecule has 3 fully saturated rings. The minimum absolute atomic E-state index is 0.00375. The van der Waals surface area contributed by atoms with E-state index in [0.29, 0.717) is 25.9 Å². The standard InChI is InChI=1S/C25H32N4O3/c30-19-15-18(16-19)24(31)28-11-7-25(8-12-28)21-17-26-29(14-13-27-9-3-4-10-27)23(21)20-5-1-2-6-22(20)32-25/h1-2,5-6,17-19,30H,3-4,7-16H2. The van der Waals surface area contributed by atoms with Crippen molar-refractivity contribution in [2.45, 2.75) is 56.8 Å². The van der Waals surface area contributed by atoms with Crippen molar-refractivity contribution in [1.82, 2.24) is 19.6 Å². The van der Waals surface area contributed by atoms with Crippen LogP contribution in [0.15, 0.2) is 30.5 Å². The van der Waals surface area contributed by atoms with Gasteiger partial charge in [0.2, 0.25) is 5.91 Å². The van der Waals surface area contributed by atoms with E-state index in [0.717, 1.165) is 37.2 Å². The number of ether oxygens (including phenoxy) is 1. The summed E-state index contributed by atoms with van der Waals surface area (Å²) in [5.74, 6) is 1.11. The molecular formula is C25H32N4O3. The molecule has 1 aromatic heterocycles. The van der Waals surface area contributed by atoms with E-state index in [4.69, 9.17) is 9.84 Å². The van der Waals surface area contributed by atoms with E-state index in [-0.39, 0.29) is 17.9 Å². The zero-order valence-corrected chi connectivity index (χ0v) is 18.6. The lowest BCUT2D eigenvalue weighted by Crippen LogP contribution is -2.52. The topological polar surface area (TPSA) is 70.8 Å². The average molecular weight is 437 g/mol. The molecule has 170 valence electrons. The Morgan fingerprint density at radius 3 is 2.59 bits per heavy atom. The highest BCUT2D eigenvalue weighted by Crippen LogP contribution is 2.49. The number of rotatable bonds is 4. The predicted molar refractivity (Wildman–Crippen MR) is 120 cm³/mol. The number of fused-ring (bicyclic) bond motifs is 4. The van der Waals surface area contributed by atoms with Gasteiger partial charge in [0.25, 0.3) is 0 Å². The second-order valence-electron chi connectivity index (χ2n) is 9.92. The predicted octanol–water partition coefficient (Wildman–Crippen LogP) is 2.63. The summed E-state index contributed by atoms with van der Waals surface area (Å²) in [5, 5.41) is 14.4. The minimum atomic E-state index is -0.425. The van der Waals surface area contributed by atoms with E-state index in [1.807, 2.05) is 17.2 Å². The van der Waals surface area contributed by atoms with E-state index >= 15 is 0 Å². The van der Waals surface area contributed by atoms with Crippen molar-refractivity contribution in [1.29, 1.82) is 0 Å². The fraction of sp³-hybridized carbons (Fsp3) is 0.600. The monoisotopic (exact) mass is 436 g/mol. The Morgan fingerprint density at radius 2 is 1.84 bits per heavy atom. The summed E-state index contributed by atoms with van der Waals surface area (Å²) in [7, 11) is 0. The maximum Gasteiger partial charge on any atom is 0.225 e. The van der Waals surface area contributed by atoms with Crippen molar-refractivity contribution in [3.8, 4) is 17.0 Å². The van der Waals surface area contributed by atoms with Crippen LogP contribution in [0, 0.1) is 5.92 Å². The number of likely N-dealkylation sites (tertiary alicyclic amines) is 2. The molecule has 0 radical (unpaired) electrons. The van der Waals surface area contributed by atoms with Crippen LogP contribution in [0.5, 0.6) is 5.75 Å². The van der Waals surface area contributed by atoms with Gasteiger partial charge < -0.3 is 19.6 Å². The second kappa shape index (κ2) is 7.89. The van der Waals surface area contributed by atoms with Crippen LogP contribution >= 0.6 is 0 Å². The number of benzene rings is 1. The molecule has 2 aromatic rings. The van der Waals surface area contributed by atoms with Crippen LogP contribution < -0.4 is 4.74 Å². The summed E-state index contributed by atoms with van der Waals surface area (Å²) in [6, 6.07) is 8.29. The van der Waals surface area contributed by atoms with E-state index in [1.165, 1.54) is 37.2 Å². The van der Waals surface area contributed by atoms with E-state index < -0.39 is 5.60 Å². The highest BCUT2D eigenvalue weighted by Gasteiger charge is 2.47. The molecular weight excluding hydrogens is 404 g/mol. The fourth-order valence-electron chi connectivity index (χ4n) is 5.94. The molecule has 7 nitrogen and oxygen atoms in total. The summed E-state index contributed by atoms with van der Waals surface area (Å²) in [5.41, 5.74) is 3.05. The van der Waals surface area contributed by atoms with Gasteiger partial charge in [0, 0.05) is 49.5 Å². The molecule has 1 N–H and O–H groups in total. The molecule has 0 atom stereocenters. The molecule has 32 heavy (non-hydrogen) atoms. The normalized spacial score (nSPS) is 26.3. The van der Waals surface area contributed by atoms with Gasteiger partial charge in [-0.15, -0.1) is 0 Å². The number of hydrogen-bond donors (Lipinski definition) is 1. The number of piperidine rings is 1. The molecule has 1 aliphatic carbocycles. The van der Waals surface area contributed by atoms with Gasteiger partial charge in [-0.25, -0.2) is 0 Å². The Balaban J connectivity index is 1.25. The first-order valence-corrected chi connectivity index (χ1v) is 12.2. The molecule has 3 aliphatic heterocycles. The van der Waals surface area contributed by atoms with Crippen molar-refractivity contribution < 1.29 is 14.6 Å². The van der Waals surface area contributed by atoms with Gasteiger partial charge in [0.05, 0.1) is 24.5 Å². The van der Waals surface area contributed by atoms with Crippen LogP contribution in [-0.4, -0.2) is 69.4 Å². The van der Waals surface area contributed by atoms with E-state index in [9.17, 15) is 9.90 Å². The van der Waals surface area contributed by atoms with Gasteiger partial charge in [-0.1, -0.05) is 12.1 Å². The largest absolute Gasteiger partial charge is 0.482 e. The third-order valence-corrected chi connectivity index (χ3v) is 7.95. The first-order valence-electron chi connectivity index (χ1n) is 12.2. The lowest BCUT2D eigenvalue weighted by Gasteiger charge is -2.45. The molecule has 1 aromatic carbocycles. The molecule has 4 heterocycles. The van der Waals surface area contributed by atoms with Gasteiger partial charge in [-0.2, -0.15) is 5.10 Å². The number of nitrogens with zero attached hydrogens (tertiary/aromatic N) is 4. The number of carbonyl (C=O) groups excluding carboxylic acids is 1. The zero-order chi connectivity index (χ0) is 21.7. The molecule has 6 rings (SSSR count). The molecule has 1 amide bonds. The Hall–Kier alpha value is -2.38. The number of hydrogen-bond acceptors (Lipinski definition) is 5. The summed E-state index contributed by atoms with van der Waals surface area (Å²) in [6.07, 6.45) is 7.07. The second-order valence-corrected chi connectivity index (χ2v) is 9.92. The van der Waals surface area contributed by atoms with Gasteiger partial charge in [-0.3, -0.25) is 9.48 Å². The number of aromatic nitrogens is 2. The number of aliphatic hydroxyl groups is 1. The van der Waals surface area contributed by atoms with Gasteiger partial charge in [0.1, 0.15) is 11.4 Å². The number of amides is 1. The number of aliphatic hydroxyl groups excluding tert-OH is 1. The van der Waals surface area contributed by atoms with Crippen molar-refractivity contribution in [2.24, 2.45) is 5.92 Å². The van der Waals surface area contributed by atoms with Gasteiger partial charge in [0.15, 0.2) is 0 Å². The summed E-state index contributed by atoms with van der Waals surface area (Å²) < 4.78 is 8.85. The maximum atomic E-state index is 12.8. The third kappa shape index (κ3) is 3.33. The summed E-state index contributed by atoms with van der Waals surface area (Å²) >= 11 is 0.